The molecule has 1 unspecified atom stereocenters. The average Bonchev–Trinajstić information content (AvgIpc) is 3.18. The molecule has 1 atom stereocenters. The number of aryl methyl sites for hydroxylation is 1. The summed E-state index contributed by atoms with van der Waals surface area (Å²) >= 11 is 1.53. The standard InChI is InChI=1S/C15H26N2O2S2/c1-10(2)16-8-14-15(11(3)9-20-14)21(18,19)17(5)12(4)13-6-7-13/h9-10,12-13,16H,6-8H2,1-5H3. The van der Waals surface area contributed by atoms with Gasteiger partial charge in [-0.3, -0.25) is 0 Å². The summed E-state index contributed by atoms with van der Waals surface area (Å²) in [6.45, 7) is 8.64. The van der Waals surface area contributed by atoms with Crippen molar-refractivity contribution in [2.75, 3.05) is 7.05 Å². The van der Waals surface area contributed by atoms with Gasteiger partial charge in [-0.2, -0.15) is 4.31 Å². The smallest absolute Gasteiger partial charge is 0.244 e. The van der Waals surface area contributed by atoms with E-state index in [1.54, 1.807) is 11.4 Å². The Morgan fingerprint density at radius 3 is 2.52 bits per heavy atom. The lowest BCUT2D eigenvalue weighted by molar-refractivity contribution is 0.356. The fraction of sp³-hybridized carbons (Fsp3) is 0.733. The van der Waals surface area contributed by atoms with Crippen molar-refractivity contribution in [3.05, 3.63) is 15.8 Å². The van der Waals surface area contributed by atoms with Gasteiger partial charge in [0.05, 0.1) is 0 Å². The Kier molecular flexibility index (Phi) is 5.13. The molecule has 1 saturated carbocycles. The number of sulfonamides is 1. The molecule has 2 rings (SSSR count). The first-order chi connectivity index (χ1) is 9.75. The van der Waals surface area contributed by atoms with E-state index in [1.165, 1.54) is 11.3 Å². The van der Waals surface area contributed by atoms with Gasteiger partial charge in [-0.25, -0.2) is 8.42 Å². The van der Waals surface area contributed by atoms with Crippen molar-refractivity contribution in [1.29, 1.82) is 0 Å². The summed E-state index contributed by atoms with van der Waals surface area (Å²) < 4.78 is 27.5. The molecule has 0 radical (unpaired) electrons. The third kappa shape index (κ3) is 3.67. The molecule has 1 N–H and O–H groups in total. The molecular weight excluding hydrogens is 304 g/mol. The molecule has 0 bridgehead atoms. The molecule has 1 aliphatic carbocycles. The Morgan fingerprint density at radius 2 is 2.00 bits per heavy atom. The molecular formula is C15H26N2O2S2. The van der Waals surface area contributed by atoms with E-state index in [9.17, 15) is 8.42 Å². The molecule has 0 aliphatic heterocycles. The second kappa shape index (κ2) is 6.36. The molecule has 1 heterocycles. The summed E-state index contributed by atoms with van der Waals surface area (Å²) in [5.74, 6) is 0.529. The molecule has 6 heteroatoms. The normalized spacial score (nSPS) is 17.7. The fourth-order valence-electron chi connectivity index (χ4n) is 2.49. The maximum absolute atomic E-state index is 13.0. The van der Waals surface area contributed by atoms with E-state index in [0.29, 0.717) is 23.4 Å². The number of hydrogen-bond acceptors (Lipinski definition) is 4. The quantitative estimate of drug-likeness (QED) is 0.836. The molecule has 0 saturated heterocycles. The zero-order valence-corrected chi connectivity index (χ0v) is 15.1. The zero-order valence-electron chi connectivity index (χ0n) is 13.5. The van der Waals surface area contributed by atoms with Crippen LogP contribution in [0.25, 0.3) is 0 Å². The summed E-state index contributed by atoms with van der Waals surface area (Å²) in [4.78, 5) is 1.42. The Hall–Kier alpha value is -0.430. The van der Waals surface area contributed by atoms with Crippen LogP contribution >= 0.6 is 11.3 Å². The summed E-state index contributed by atoms with van der Waals surface area (Å²) in [6, 6.07) is 0.422. The third-order valence-corrected chi connectivity index (χ3v) is 7.58. The average molecular weight is 331 g/mol. The summed E-state index contributed by atoms with van der Waals surface area (Å²) in [6.07, 6.45) is 2.29. The van der Waals surface area contributed by atoms with Gasteiger partial charge in [-0.05, 0) is 43.6 Å². The van der Waals surface area contributed by atoms with Gasteiger partial charge in [-0.15, -0.1) is 11.3 Å². The van der Waals surface area contributed by atoms with Crippen LogP contribution in [-0.2, 0) is 16.6 Å². The van der Waals surface area contributed by atoms with Crippen molar-refractivity contribution in [2.45, 2.75) is 64.1 Å². The van der Waals surface area contributed by atoms with Gasteiger partial charge in [0, 0.05) is 30.6 Å². The van der Waals surface area contributed by atoms with Gasteiger partial charge in [0.2, 0.25) is 10.0 Å². The van der Waals surface area contributed by atoms with Gasteiger partial charge < -0.3 is 5.32 Å². The SMILES string of the molecule is Cc1csc(CNC(C)C)c1S(=O)(=O)N(C)C(C)C1CC1. The predicted octanol–water partition coefficient (Wildman–Crippen LogP) is 2.97. The second-order valence-electron chi connectivity index (χ2n) is 6.31. The Balaban J connectivity index is 2.28. The second-order valence-corrected chi connectivity index (χ2v) is 9.20. The van der Waals surface area contributed by atoms with Gasteiger partial charge in [0.25, 0.3) is 0 Å². The Morgan fingerprint density at radius 1 is 1.38 bits per heavy atom. The van der Waals surface area contributed by atoms with E-state index < -0.39 is 10.0 Å². The van der Waals surface area contributed by atoms with Crippen molar-refractivity contribution >= 4 is 21.4 Å². The van der Waals surface area contributed by atoms with E-state index >= 15 is 0 Å². The summed E-state index contributed by atoms with van der Waals surface area (Å²) in [5.41, 5.74) is 0.857. The highest BCUT2D eigenvalue weighted by Crippen LogP contribution is 2.38. The third-order valence-electron chi connectivity index (χ3n) is 4.18. The number of nitrogens with zero attached hydrogens (tertiary/aromatic N) is 1. The minimum Gasteiger partial charge on any atom is -0.310 e. The van der Waals surface area contributed by atoms with Gasteiger partial charge in [-0.1, -0.05) is 13.8 Å². The van der Waals surface area contributed by atoms with E-state index in [4.69, 9.17) is 0 Å². The predicted molar refractivity (Wildman–Crippen MR) is 88.2 cm³/mol. The van der Waals surface area contributed by atoms with Crippen molar-refractivity contribution in [1.82, 2.24) is 9.62 Å². The van der Waals surface area contributed by atoms with Gasteiger partial charge in [0.1, 0.15) is 4.90 Å². The lowest BCUT2D eigenvalue weighted by atomic mass is 10.2. The van der Waals surface area contributed by atoms with Crippen LogP contribution in [0.2, 0.25) is 0 Å². The van der Waals surface area contributed by atoms with Crippen LogP contribution in [0, 0.1) is 12.8 Å². The van der Waals surface area contributed by atoms with Crippen LogP contribution in [0.4, 0.5) is 0 Å². The van der Waals surface area contributed by atoms with Gasteiger partial charge >= 0.3 is 0 Å². The lowest BCUT2D eigenvalue weighted by Crippen LogP contribution is -2.37. The molecule has 0 amide bonds. The number of rotatable bonds is 7. The first-order valence-electron chi connectivity index (χ1n) is 7.53. The molecule has 21 heavy (non-hydrogen) atoms. The fourth-order valence-corrected chi connectivity index (χ4v) is 5.62. The molecule has 1 aliphatic rings. The minimum atomic E-state index is -3.41. The number of nitrogens with one attached hydrogen (secondary N) is 1. The van der Waals surface area contributed by atoms with E-state index in [-0.39, 0.29) is 6.04 Å². The van der Waals surface area contributed by atoms with E-state index in [2.05, 4.69) is 19.2 Å². The molecule has 4 nitrogen and oxygen atoms in total. The van der Waals surface area contributed by atoms with Crippen molar-refractivity contribution in [3.63, 3.8) is 0 Å². The van der Waals surface area contributed by atoms with Crippen LogP contribution in [0.1, 0.15) is 44.1 Å². The topological polar surface area (TPSA) is 49.4 Å². The Labute approximate surface area is 132 Å². The van der Waals surface area contributed by atoms with Crippen molar-refractivity contribution in [3.8, 4) is 0 Å². The van der Waals surface area contributed by atoms with Crippen LogP contribution < -0.4 is 5.32 Å². The van der Waals surface area contributed by atoms with Gasteiger partial charge in [0.15, 0.2) is 0 Å². The minimum absolute atomic E-state index is 0.0835. The molecule has 0 spiro atoms. The van der Waals surface area contributed by atoms with Crippen LogP contribution in [0.3, 0.4) is 0 Å². The molecule has 1 aromatic rings. The maximum Gasteiger partial charge on any atom is 0.244 e. The number of thiophene rings is 1. The first kappa shape index (κ1) is 16.9. The highest BCUT2D eigenvalue weighted by Gasteiger charge is 2.37. The number of hydrogen-bond donors (Lipinski definition) is 1. The lowest BCUT2D eigenvalue weighted by Gasteiger charge is -2.25. The molecule has 0 aromatic carbocycles. The van der Waals surface area contributed by atoms with Crippen LogP contribution in [0.5, 0.6) is 0 Å². The highest BCUT2D eigenvalue weighted by atomic mass is 32.2. The van der Waals surface area contributed by atoms with Crippen molar-refractivity contribution < 1.29 is 8.42 Å². The summed E-state index contributed by atoms with van der Waals surface area (Å²) in [5, 5.41) is 5.26. The maximum atomic E-state index is 13.0. The van der Waals surface area contributed by atoms with Crippen molar-refractivity contribution in [2.24, 2.45) is 5.92 Å². The molecule has 1 aromatic heterocycles. The van der Waals surface area contributed by atoms with E-state index in [0.717, 1.165) is 23.3 Å². The van der Waals surface area contributed by atoms with Crippen LogP contribution in [0.15, 0.2) is 10.3 Å². The zero-order chi connectivity index (χ0) is 15.8. The molecule has 120 valence electrons. The monoisotopic (exact) mass is 330 g/mol. The highest BCUT2D eigenvalue weighted by molar-refractivity contribution is 7.89. The largest absolute Gasteiger partial charge is 0.310 e. The van der Waals surface area contributed by atoms with Crippen LogP contribution in [-0.4, -0.2) is 31.9 Å². The first-order valence-corrected chi connectivity index (χ1v) is 9.85. The van der Waals surface area contributed by atoms with E-state index in [1.807, 2.05) is 19.2 Å². The molecule has 1 fully saturated rings. The Bertz CT molecular complexity index is 589. The summed E-state index contributed by atoms with van der Waals surface area (Å²) in [7, 11) is -1.69.